The smallest absolute Gasteiger partial charge is 0.00364 e. The topological polar surface area (TPSA) is 15.3 Å². The fourth-order valence-corrected chi connectivity index (χ4v) is 2.52. The summed E-state index contributed by atoms with van der Waals surface area (Å²) in [6, 6.07) is 0. The van der Waals surface area contributed by atoms with E-state index in [1.807, 2.05) is 13.8 Å². The Bertz CT molecular complexity index is 155. The summed E-state index contributed by atoms with van der Waals surface area (Å²) in [4.78, 5) is 2.48. The summed E-state index contributed by atoms with van der Waals surface area (Å²) >= 11 is 0. The zero-order valence-corrected chi connectivity index (χ0v) is 12.8. The van der Waals surface area contributed by atoms with Gasteiger partial charge in [0.1, 0.15) is 0 Å². The molecule has 0 aromatic rings. The van der Waals surface area contributed by atoms with E-state index in [2.05, 4.69) is 31.1 Å². The monoisotopic (exact) mass is 242 g/mol. The molecule has 0 amide bonds. The molecule has 1 N–H and O–H groups in total. The second-order valence-corrected chi connectivity index (χ2v) is 5.24. The average Bonchev–Trinajstić information content (AvgIpc) is 2.74. The number of nitrogens with one attached hydrogen (secondary N) is 1. The Morgan fingerprint density at radius 1 is 1.00 bits per heavy atom. The standard InChI is InChI=1S/C9H18N2.C4H10.C2H6/c1-11-7-4-9(8-11)2-5-10-6-3-9;1-3-4-2;1-2/h10H,2-8H2,1H3;3-4H2,1-2H3;1-2H3. The van der Waals surface area contributed by atoms with Crippen LogP contribution < -0.4 is 5.32 Å². The largest absolute Gasteiger partial charge is 0.317 e. The predicted molar refractivity (Wildman–Crippen MR) is 78.6 cm³/mol. The maximum atomic E-state index is 3.43. The summed E-state index contributed by atoms with van der Waals surface area (Å²) in [5.74, 6) is 0. The van der Waals surface area contributed by atoms with Crippen molar-refractivity contribution < 1.29 is 0 Å². The van der Waals surface area contributed by atoms with Crippen molar-refractivity contribution in [1.29, 1.82) is 0 Å². The van der Waals surface area contributed by atoms with Crippen molar-refractivity contribution in [2.24, 2.45) is 5.41 Å². The van der Waals surface area contributed by atoms with Gasteiger partial charge in [0.05, 0.1) is 0 Å². The number of piperidine rings is 1. The molecule has 104 valence electrons. The summed E-state index contributed by atoms with van der Waals surface area (Å²) in [6.07, 6.45) is 6.87. The molecule has 17 heavy (non-hydrogen) atoms. The Hall–Kier alpha value is -0.0800. The first-order valence-electron chi connectivity index (χ1n) is 7.62. The van der Waals surface area contributed by atoms with E-state index >= 15 is 0 Å². The number of rotatable bonds is 1. The zero-order valence-electron chi connectivity index (χ0n) is 12.8. The first-order chi connectivity index (χ1) is 8.22. The molecule has 2 saturated heterocycles. The van der Waals surface area contributed by atoms with Crippen LogP contribution in [0.4, 0.5) is 0 Å². The minimum Gasteiger partial charge on any atom is -0.317 e. The van der Waals surface area contributed by atoms with E-state index < -0.39 is 0 Å². The summed E-state index contributed by atoms with van der Waals surface area (Å²) in [5, 5.41) is 3.43. The minimum atomic E-state index is 0.708. The molecular weight excluding hydrogens is 208 g/mol. The third kappa shape index (κ3) is 6.42. The van der Waals surface area contributed by atoms with Crippen LogP contribution in [0.3, 0.4) is 0 Å². The molecule has 0 aliphatic carbocycles. The van der Waals surface area contributed by atoms with Gasteiger partial charge in [-0.3, -0.25) is 0 Å². The van der Waals surface area contributed by atoms with Gasteiger partial charge in [-0.1, -0.05) is 40.5 Å². The minimum absolute atomic E-state index is 0.708. The number of hydrogen-bond acceptors (Lipinski definition) is 2. The van der Waals surface area contributed by atoms with Crippen LogP contribution in [0.1, 0.15) is 59.8 Å². The highest BCUT2D eigenvalue weighted by Crippen LogP contribution is 2.37. The Balaban J connectivity index is 0.000000368. The molecule has 1 spiro atoms. The van der Waals surface area contributed by atoms with E-state index in [4.69, 9.17) is 0 Å². The van der Waals surface area contributed by atoms with Gasteiger partial charge >= 0.3 is 0 Å². The molecule has 0 unspecified atom stereocenters. The van der Waals surface area contributed by atoms with Crippen molar-refractivity contribution in [2.45, 2.75) is 59.8 Å². The molecule has 2 heterocycles. The Morgan fingerprint density at radius 2 is 1.53 bits per heavy atom. The van der Waals surface area contributed by atoms with Gasteiger partial charge in [-0.15, -0.1) is 0 Å². The van der Waals surface area contributed by atoms with E-state index in [1.165, 1.54) is 58.3 Å². The van der Waals surface area contributed by atoms with Crippen LogP contribution in [-0.4, -0.2) is 38.1 Å². The number of hydrogen-bond donors (Lipinski definition) is 1. The molecule has 2 rings (SSSR count). The highest BCUT2D eigenvalue weighted by atomic mass is 15.1. The van der Waals surface area contributed by atoms with Crippen LogP contribution >= 0.6 is 0 Å². The molecule has 0 saturated carbocycles. The third-order valence-corrected chi connectivity index (χ3v) is 3.79. The van der Waals surface area contributed by atoms with Crippen LogP contribution in [0.25, 0.3) is 0 Å². The van der Waals surface area contributed by atoms with Crippen LogP contribution in [0.2, 0.25) is 0 Å². The zero-order chi connectivity index (χ0) is 13.1. The van der Waals surface area contributed by atoms with Gasteiger partial charge in [0.15, 0.2) is 0 Å². The summed E-state index contributed by atoms with van der Waals surface area (Å²) < 4.78 is 0. The molecule has 2 heteroatoms. The average molecular weight is 242 g/mol. The molecule has 2 fully saturated rings. The van der Waals surface area contributed by atoms with Gasteiger partial charge in [0, 0.05) is 6.54 Å². The second-order valence-electron chi connectivity index (χ2n) is 5.24. The maximum Gasteiger partial charge on any atom is 0.00364 e. The molecule has 2 nitrogen and oxygen atoms in total. The van der Waals surface area contributed by atoms with Crippen LogP contribution in [-0.2, 0) is 0 Å². The van der Waals surface area contributed by atoms with Gasteiger partial charge in [-0.05, 0) is 51.4 Å². The maximum absolute atomic E-state index is 3.43. The lowest BCUT2D eigenvalue weighted by atomic mass is 9.78. The third-order valence-electron chi connectivity index (χ3n) is 3.79. The van der Waals surface area contributed by atoms with Gasteiger partial charge in [0.2, 0.25) is 0 Å². The summed E-state index contributed by atoms with van der Waals surface area (Å²) in [5.41, 5.74) is 0.708. The number of nitrogens with zero attached hydrogens (tertiary/aromatic N) is 1. The Labute approximate surface area is 109 Å². The van der Waals surface area contributed by atoms with Gasteiger partial charge in [0.25, 0.3) is 0 Å². The van der Waals surface area contributed by atoms with E-state index in [1.54, 1.807) is 0 Å². The lowest BCUT2D eigenvalue weighted by Gasteiger charge is -2.33. The Kier molecular flexibility index (Phi) is 9.85. The van der Waals surface area contributed by atoms with Crippen LogP contribution in [0.5, 0.6) is 0 Å². The summed E-state index contributed by atoms with van der Waals surface area (Å²) in [6.45, 7) is 13.5. The van der Waals surface area contributed by atoms with E-state index in [0.717, 1.165) is 0 Å². The molecule has 0 aromatic carbocycles. The molecule has 0 atom stereocenters. The van der Waals surface area contributed by atoms with Crippen molar-refractivity contribution in [3.8, 4) is 0 Å². The van der Waals surface area contributed by atoms with Crippen LogP contribution in [0.15, 0.2) is 0 Å². The van der Waals surface area contributed by atoms with Crippen molar-refractivity contribution in [1.82, 2.24) is 10.2 Å². The number of likely N-dealkylation sites (tertiary alicyclic amines) is 1. The Morgan fingerprint density at radius 3 is 1.88 bits per heavy atom. The van der Waals surface area contributed by atoms with Crippen molar-refractivity contribution in [3.05, 3.63) is 0 Å². The molecule has 0 aromatic heterocycles. The van der Waals surface area contributed by atoms with Gasteiger partial charge < -0.3 is 10.2 Å². The quantitative estimate of drug-likeness (QED) is 0.757. The highest BCUT2D eigenvalue weighted by Gasteiger charge is 2.37. The molecule has 2 aliphatic heterocycles. The van der Waals surface area contributed by atoms with Crippen molar-refractivity contribution in [3.63, 3.8) is 0 Å². The fourth-order valence-electron chi connectivity index (χ4n) is 2.52. The molecule has 0 bridgehead atoms. The highest BCUT2D eigenvalue weighted by molar-refractivity contribution is 4.91. The van der Waals surface area contributed by atoms with E-state index in [0.29, 0.717) is 5.41 Å². The first-order valence-corrected chi connectivity index (χ1v) is 7.62. The lowest BCUT2D eigenvalue weighted by Crippen LogP contribution is -2.38. The van der Waals surface area contributed by atoms with Gasteiger partial charge in [-0.2, -0.15) is 0 Å². The normalized spacial score (nSPS) is 22.4. The SMILES string of the molecule is CC.CCCC.CN1CCC2(CCNCC2)C1. The van der Waals surface area contributed by atoms with Gasteiger partial charge in [-0.25, -0.2) is 0 Å². The fraction of sp³-hybridized carbons (Fsp3) is 1.00. The summed E-state index contributed by atoms with van der Waals surface area (Å²) in [7, 11) is 2.25. The van der Waals surface area contributed by atoms with Crippen LogP contribution in [0, 0.1) is 5.41 Å². The van der Waals surface area contributed by atoms with E-state index in [9.17, 15) is 0 Å². The number of unbranched alkanes of at least 4 members (excludes halogenated alkanes) is 1. The predicted octanol–water partition coefficient (Wildman–Crippen LogP) is 3.52. The van der Waals surface area contributed by atoms with E-state index in [-0.39, 0.29) is 0 Å². The lowest BCUT2D eigenvalue weighted by molar-refractivity contribution is 0.207. The molecular formula is C15H34N2. The second kappa shape index (κ2) is 9.90. The van der Waals surface area contributed by atoms with Crippen molar-refractivity contribution >= 4 is 0 Å². The molecule has 0 radical (unpaired) electrons. The van der Waals surface area contributed by atoms with Crippen molar-refractivity contribution in [2.75, 3.05) is 33.2 Å². The first kappa shape index (κ1) is 16.9. The molecule has 2 aliphatic rings.